The summed E-state index contributed by atoms with van der Waals surface area (Å²) in [5.41, 5.74) is 11.1. The zero-order valence-electron chi connectivity index (χ0n) is 26.6. The van der Waals surface area contributed by atoms with Crippen LogP contribution in [0.4, 0.5) is 0 Å². The highest BCUT2D eigenvalue weighted by atomic mass is 15.2. The molecule has 0 fully saturated rings. The number of rotatable bonds is 11. The molecule has 7 aromatic rings. The van der Waals surface area contributed by atoms with E-state index < -0.39 is 0 Å². The quantitative estimate of drug-likeness (QED) is 0.136. The van der Waals surface area contributed by atoms with E-state index in [9.17, 15) is 0 Å². The van der Waals surface area contributed by atoms with Crippen LogP contribution in [-0.2, 0) is 32.5 Å². The van der Waals surface area contributed by atoms with Gasteiger partial charge in [-0.3, -0.25) is 9.88 Å². The average Bonchev–Trinajstić information content (AvgIpc) is 3.75. The van der Waals surface area contributed by atoms with Crippen LogP contribution in [0.25, 0.3) is 21.9 Å². The van der Waals surface area contributed by atoms with Crippen molar-refractivity contribution in [3.8, 4) is 0 Å². The van der Waals surface area contributed by atoms with E-state index in [0.717, 1.165) is 55.8 Å². The zero-order valence-corrected chi connectivity index (χ0v) is 26.6. The molecule has 2 atom stereocenters. The second-order valence-electron chi connectivity index (χ2n) is 12.8. The lowest BCUT2D eigenvalue weighted by molar-refractivity contribution is 0.153. The molecule has 3 aromatic heterocycles. The largest absolute Gasteiger partial charge is 0.361 e. The summed E-state index contributed by atoms with van der Waals surface area (Å²) in [6.45, 7) is 2.36. The fourth-order valence-electron chi connectivity index (χ4n) is 7.25. The average molecular weight is 617 g/mol. The maximum atomic E-state index is 4.94. The molecule has 6 nitrogen and oxygen atoms in total. The van der Waals surface area contributed by atoms with Crippen molar-refractivity contribution in [3.05, 3.63) is 167 Å². The first-order valence-corrected chi connectivity index (χ1v) is 16.8. The molecule has 4 aromatic carbocycles. The Labute approximate surface area is 275 Å². The number of aromatic nitrogens is 4. The molecule has 0 radical (unpaired) electrons. The molecule has 234 valence electrons. The summed E-state index contributed by atoms with van der Waals surface area (Å²) in [7, 11) is 0. The Morgan fingerprint density at radius 3 is 2.43 bits per heavy atom. The highest BCUT2D eigenvalue weighted by molar-refractivity contribution is 5.83. The molecule has 2 unspecified atom stereocenters. The maximum absolute atomic E-state index is 4.94. The van der Waals surface area contributed by atoms with Gasteiger partial charge in [-0.1, -0.05) is 91.0 Å². The van der Waals surface area contributed by atoms with Gasteiger partial charge >= 0.3 is 0 Å². The van der Waals surface area contributed by atoms with Gasteiger partial charge in [0.25, 0.3) is 0 Å². The summed E-state index contributed by atoms with van der Waals surface area (Å²) < 4.78 is 0. The van der Waals surface area contributed by atoms with Gasteiger partial charge in [0.1, 0.15) is 5.82 Å². The van der Waals surface area contributed by atoms with Gasteiger partial charge < -0.3 is 15.3 Å². The number of hydrogen-bond acceptors (Lipinski definition) is 4. The van der Waals surface area contributed by atoms with Crippen molar-refractivity contribution < 1.29 is 0 Å². The third kappa shape index (κ3) is 6.48. The second-order valence-corrected chi connectivity index (χ2v) is 12.8. The van der Waals surface area contributed by atoms with Crippen molar-refractivity contribution in [2.24, 2.45) is 0 Å². The number of aromatic amines is 2. The standard InChI is InChI=1S/C41H40N6/c1-2-10-29(11-3-1)24-38(34-26-44-35-15-5-4-14-33(34)35)43-25-30-19-21-31(22-20-30)27-47(28-40-45-36-16-6-7-17-37(36)46-40)39-18-8-12-32-13-9-23-42-41(32)39/h1-7,9-11,13-17,19-23,26,38-39,43-44H,8,12,18,24-25,27-28H2,(H,45,46). The van der Waals surface area contributed by atoms with Crippen molar-refractivity contribution in [1.82, 2.24) is 30.2 Å². The van der Waals surface area contributed by atoms with Crippen LogP contribution in [0.1, 0.15) is 64.3 Å². The molecule has 1 aliphatic carbocycles. The van der Waals surface area contributed by atoms with Crippen molar-refractivity contribution in [2.75, 3.05) is 0 Å². The zero-order chi connectivity index (χ0) is 31.4. The van der Waals surface area contributed by atoms with E-state index in [-0.39, 0.29) is 12.1 Å². The molecule has 8 rings (SSSR count). The van der Waals surface area contributed by atoms with Crippen LogP contribution in [0.15, 0.2) is 128 Å². The van der Waals surface area contributed by atoms with Crippen LogP contribution in [0.3, 0.4) is 0 Å². The third-order valence-electron chi connectivity index (χ3n) is 9.64. The van der Waals surface area contributed by atoms with Gasteiger partial charge in [0, 0.05) is 42.4 Å². The Bertz CT molecular complexity index is 2040. The van der Waals surface area contributed by atoms with E-state index in [1.54, 1.807) is 0 Å². The van der Waals surface area contributed by atoms with E-state index >= 15 is 0 Å². The number of fused-ring (bicyclic) bond motifs is 3. The first kappa shape index (κ1) is 29.4. The van der Waals surface area contributed by atoms with Gasteiger partial charge in [0.05, 0.1) is 29.3 Å². The van der Waals surface area contributed by atoms with E-state index in [0.29, 0.717) is 0 Å². The number of nitrogens with one attached hydrogen (secondary N) is 3. The highest BCUT2D eigenvalue weighted by Crippen LogP contribution is 2.35. The summed E-state index contributed by atoms with van der Waals surface area (Å²) in [5, 5.41) is 5.17. The molecule has 6 heteroatoms. The molecular weight excluding hydrogens is 576 g/mol. The van der Waals surface area contributed by atoms with Crippen LogP contribution in [0, 0.1) is 0 Å². The predicted molar refractivity (Wildman–Crippen MR) is 190 cm³/mol. The molecule has 0 saturated carbocycles. The minimum atomic E-state index is 0.186. The van der Waals surface area contributed by atoms with Crippen LogP contribution in [-0.4, -0.2) is 24.8 Å². The van der Waals surface area contributed by atoms with Crippen molar-refractivity contribution in [2.45, 2.75) is 57.4 Å². The first-order chi connectivity index (χ1) is 23.3. The molecular formula is C41H40N6. The number of hydrogen-bond donors (Lipinski definition) is 3. The smallest absolute Gasteiger partial charge is 0.121 e. The van der Waals surface area contributed by atoms with Gasteiger partial charge in [-0.2, -0.15) is 0 Å². The summed E-state index contributed by atoms with van der Waals surface area (Å²) in [6.07, 6.45) is 8.41. The summed E-state index contributed by atoms with van der Waals surface area (Å²) in [4.78, 5) is 19.4. The molecule has 3 N–H and O–H groups in total. The predicted octanol–water partition coefficient (Wildman–Crippen LogP) is 8.59. The molecule has 0 saturated heterocycles. The molecule has 0 spiro atoms. The fraction of sp³-hybridized carbons (Fsp3) is 0.220. The lowest BCUT2D eigenvalue weighted by atomic mass is 9.90. The number of benzene rings is 4. The molecule has 3 heterocycles. The highest BCUT2D eigenvalue weighted by Gasteiger charge is 2.28. The molecule has 0 bridgehead atoms. The van der Waals surface area contributed by atoms with Gasteiger partial charge in [0.2, 0.25) is 0 Å². The number of imidazole rings is 1. The number of H-pyrrole nitrogens is 2. The summed E-state index contributed by atoms with van der Waals surface area (Å²) in [5.74, 6) is 0.997. The second kappa shape index (κ2) is 13.4. The SMILES string of the molecule is c1ccc(CC(NCc2ccc(CN(Cc3nc4ccccc4[nH]3)C3CCCc4cccnc43)cc2)c2c[nH]c3ccccc23)cc1. The van der Waals surface area contributed by atoms with Gasteiger partial charge in [-0.15, -0.1) is 0 Å². The topological polar surface area (TPSA) is 72.6 Å². The monoisotopic (exact) mass is 616 g/mol. The van der Waals surface area contributed by atoms with Crippen LogP contribution in [0.2, 0.25) is 0 Å². The lowest BCUT2D eigenvalue weighted by Crippen LogP contribution is -2.31. The van der Waals surface area contributed by atoms with Crippen LogP contribution in [0.5, 0.6) is 0 Å². The Morgan fingerprint density at radius 2 is 1.55 bits per heavy atom. The van der Waals surface area contributed by atoms with Gasteiger partial charge in [0.15, 0.2) is 0 Å². The molecule has 0 aliphatic heterocycles. The van der Waals surface area contributed by atoms with E-state index in [1.165, 1.54) is 50.8 Å². The third-order valence-corrected chi connectivity index (χ3v) is 9.64. The van der Waals surface area contributed by atoms with Crippen LogP contribution < -0.4 is 5.32 Å². The van der Waals surface area contributed by atoms with Crippen LogP contribution >= 0.6 is 0 Å². The number of nitrogens with zero attached hydrogens (tertiary/aromatic N) is 3. The number of para-hydroxylation sites is 3. The normalized spacial score (nSPS) is 15.3. The van der Waals surface area contributed by atoms with Gasteiger partial charge in [-0.25, -0.2) is 4.98 Å². The van der Waals surface area contributed by atoms with Crippen molar-refractivity contribution in [1.29, 1.82) is 0 Å². The van der Waals surface area contributed by atoms with Crippen molar-refractivity contribution >= 4 is 21.9 Å². The Morgan fingerprint density at radius 1 is 0.766 bits per heavy atom. The van der Waals surface area contributed by atoms with E-state index in [4.69, 9.17) is 9.97 Å². The number of aryl methyl sites for hydroxylation is 1. The molecule has 47 heavy (non-hydrogen) atoms. The summed E-state index contributed by atoms with van der Waals surface area (Å²) in [6, 6.07) is 41.5. The van der Waals surface area contributed by atoms with Gasteiger partial charge in [-0.05, 0) is 77.8 Å². The van der Waals surface area contributed by atoms with Crippen molar-refractivity contribution in [3.63, 3.8) is 0 Å². The minimum Gasteiger partial charge on any atom is -0.361 e. The molecule has 1 aliphatic rings. The Hall–Kier alpha value is -5.04. The number of pyridine rings is 1. The fourth-order valence-corrected chi connectivity index (χ4v) is 7.25. The van der Waals surface area contributed by atoms with E-state index in [1.807, 2.05) is 12.3 Å². The first-order valence-electron chi connectivity index (χ1n) is 16.8. The molecule has 0 amide bonds. The summed E-state index contributed by atoms with van der Waals surface area (Å²) >= 11 is 0. The maximum Gasteiger partial charge on any atom is 0.121 e. The minimum absolute atomic E-state index is 0.186. The lowest BCUT2D eigenvalue weighted by Gasteiger charge is -2.34. The Balaban J connectivity index is 1.02. The Kier molecular flexibility index (Phi) is 8.35. The van der Waals surface area contributed by atoms with E-state index in [2.05, 4.69) is 136 Å².